The molecule has 0 saturated carbocycles. The Balaban J connectivity index is 1.99. The van der Waals surface area contributed by atoms with Crippen molar-refractivity contribution in [2.45, 2.75) is 64.5 Å². The maximum absolute atomic E-state index is 12.7. The molecular formula is C20H27NO3S. The summed E-state index contributed by atoms with van der Waals surface area (Å²) in [4.78, 5) is 27.5. The second kappa shape index (κ2) is 7.65. The number of rotatable bonds is 4. The number of ether oxygens (including phenoxy) is 1. The molecule has 1 heterocycles. The molecule has 0 spiro atoms. The summed E-state index contributed by atoms with van der Waals surface area (Å²) < 4.78 is 5.38. The summed E-state index contributed by atoms with van der Waals surface area (Å²) in [6.07, 6.45) is 0.0814. The molecule has 2 rings (SSSR count). The number of nitrogens with zero attached hydrogens (tertiary/aromatic N) is 1. The lowest BCUT2D eigenvalue weighted by Crippen LogP contribution is -2.42. The molecule has 1 unspecified atom stereocenters. The molecule has 4 nitrogen and oxygen atoms in total. The van der Waals surface area contributed by atoms with Crippen molar-refractivity contribution in [1.29, 1.82) is 0 Å². The number of imide groups is 1. The fourth-order valence-electron chi connectivity index (χ4n) is 2.70. The smallest absolute Gasteiger partial charge is 0.417 e. The molecule has 25 heavy (non-hydrogen) atoms. The first-order valence-electron chi connectivity index (χ1n) is 8.56. The highest BCUT2D eigenvalue weighted by Gasteiger charge is 2.40. The van der Waals surface area contributed by atoms with Gasteiger partial charge in [0, 0.05) is 16.2 Å². The summed E-state index contributed by atoms with van der Waals surface area (Å²) in [5.41, 5.74) is 2.31. The predicted octanol–water partition coefficient (Wildman–Crippen LogP) is 4.96. The van der Waals surface area contributed by atoms with Crippen LogP contribution in [-0.2, 0) is 9.53 Å². The normalized spacial score (nSPS) is 18.1. The quantitative estimate of drug-likeness (QED) is 0.711. The molecule has 0 radical (unpaired) electrons. The van der Waals surface area contributed by atoms with Crippen LogP contribution in [0.2, 0.25) is 0 Å². The largest absolute Gasteiger partial charge is 0.443 e. The minimum atomic E-state index is -0.616. The molecular weight excluding hydrogens is 334 g/mol. The van der Waals surface area contributed by atoms with Crippen molar-refractivity contribution >= 4 is 23.8 Å². The van der Waals surface area contributed by atoms with Crippen LogP contribution in [-0.4, -0.2) is 34.3 Å². The number of hydrogen-bond acceptors (Lipinski definition) is 4. The van der Waals surface area contributed by atoms with Gasteiger partial charge in [0.2, 0.25) is 0 Å². The minimum absolute atomic E-state index is 0.219. The fourth-order valence-corrected chi connectivity index (χ4v) is 3.57. The summed E-state index contributed by atoms with van der Waals surface area (Å²) in [6, 6.07) is 8.10. The van der Waals surface area contributed by atoms with Gasteiger partial charge in [-0.2, -0.15) is 0 Å². The zero-order chi connectivity index (χ0) is 18.8. The van der Waals surface area contributed by atoms with Gasteiger partial charge < -0.3 is 4.74 Å². The zero-order valence-electron chi connectivity index (χ0n) is 15.9. The molecule has 0 aromatic heterocycles. The van der Waals surface area contributed by atoms with E-state index in [-0.39, 0.29) is 11.9 Å². The lowest BCUT2D eigenvalue weighted by molar-refractivity contribution is -0.126. The van der Waals surface area contributed by atoms with Gasteiger partial charge in [0.25, 0.3) is 5.91 Å². The fraction of sp³-hybridized carbons (Fsp3) is 0.500. The number of aryl methyl sites for hydroxylation is 1. The molecule has 0 aliphatic carbocycles. The monoisotopic (exact) mass is 361 g/mol. The number of carbonyl (C=O) groups excluding carboxylic acids is 2. The van der Waals surface area contributed by atoms with Crippen molar-refractivity contribution in [2.75, 3.05) is 5.75 Å². The third-order valence-electron chi connectivity index (χ3n) is 4.20. The molecule has 1 aliphatic heterocycles. The van der Waals surface area contributed by atoms with Crippen LogP contribution >= 0.6 is 11.8 Å². The topological polar surface area (TPSA) is 46.6 Å². The molecule has 136 valence electrons. The molecule has 0 N–H and O–H groups in total. The van der Waals surface area contributed by atoms with E-state index in [1.807, 2.05) is 13.8 Å². The van der Waals surface area contributed by atoms with E-state index in [0.717, 1.165) is 16.9 Å². The highest BCUT2D eigenvalue weighted by Crippen LogP contribution is 2.31. The Morgan fingerprint density at radius 3 is 2.36 bits per heavy atom. The summed E-state index contributed by atoms with van der Waals surface area (Å²) >= 11 is 1.72. The van der Waals surface area contributed by atoms with Gasteiger partial charge in [0.15, 0.2) is 0 Å². The number of carbonyl (C=O) groups is 2. The van der Waals surface area contributed by atoms with Crippen LogP contribution in [0.1, 0.15) is 46.6 Å². The van der Waals surface area contributed by atoms with Crippen molar-refractivity contribution in [1.82, 2.24) is 4.90 Å². The summed E-state index contributed by atoms with van der Waals surface area (Å²) in [5, 5.41) is 0. The van der Waals surface area contributed by atoms with E-state index < -0.39 is 11.7 Å². The Morgan fingerprint density at radius 2 is 1.80 bits per heavy atom. The average Bonchev–Trinajstić information content (AvgIpc) is 2.71. The van der Waals surface area contributed by atoms with E-state index in [0.29, 0.717) is 6.42 Å². The number of benzene rings is 1. The first kappa shape index (κ1) is 19.6. The van der Waals surface area contributed by atoms with Crippen LogP contribution in [0.25, 0.3) is 0 Å². The van der Waals surface area contributed by atoms with E-state index >= 15 is 0 Å². The van der Waals surface area contributed by atoms with E-state index in [4.69, 9.17) is 4.74 Å². The van der Waals surface area contributed by atoms with Gasteiger partial charge in [-0.3, -0.25) is 4.79 Å². The van der Waals surface area contributed by atoms with Gasteiger partial charge in [0.05, 0.1) is 6.04 Å². The SMILES string of the molecule is CC1=C(CCSc2ccc(C)cc2)C(=O)N(C(=O)OC(C)(C)C)C1C. The van der Waals surface area contributed by atoms with Crippen molar-refractivity contribution in [3.8, 4) is 0 Å². The molecule has 0 fully saturated rings. The first-order chi connectivity index (χ1) is 11.6. The van der Waals surface area contributed by atoms with Crippen molar-refractivity contribution < 1.29 is 14.3 Å². The Morgan fingerprint density at radius 1 is 1.20 bits per heavy atom. The standard InChI is InChI=1S/C20H27NO3S/c1-13-7-9-16(10-8-13)25-12-11-17-14(2)15(3)21(18(17)22)19(23)24-20(4,5)6/h7-10,15H,11-12H2,1-6H3. The Labute approximate surface area is 154 Å². The summed E-state index contributed by atoms with van der Waals surface area (Å²) in [7, 11) is 0. The number of thioether (sulfide) groups is 1. The van der Waals surface area contributed by atoms with Gasteiger partial charge in [-0.15, -0.1) is 11.8 Å². The molecule has 1 atom stereocenters. The van der Waals surface area contributed by atoms with E-state index in [9.17, 15) is 9.59 Å². The molecule has 2 amide bonds. The second-order valence-corrected chi connectivity index (χ2v) is 8.57. The maximum Gasteiger partial charge on any atom is 0.417 e. The molecule has 1 aromatic carbocycles. The van der Waals surface area contributed by atoms with Gasteiger partial charge in [-0.1, -0.05) is 17.7 Å². The summed E-state index contributed by atoms with van der Waals surface area (Å²) in [5.74, 6) is 0.583. The van der Waals surface area contributed by atoms with Gasteiger partial charge >= 0.3 is 6.09 Å². The van der Waals surface area contributed by atoms with Crippen LogP contribution in [0.15, 0.2) is 40.3 Å². The van der Waals surface area contributed by atoms with Crippen LogP contribution in [0.3, 0.4) is 0 Å². The lowest BCUT2D eigenvalue weighted by Gasteiger charge is -2.26. The van der Waals surface area contributed by atoms with Gasteiger partial charge in [0.1, 0.15) is 5.60 Å². The van der Waals surface area contributed by atoms with Crippen LogP contribution < -0.4 is 0 Å². The zero-order valence-corrected chi connectivity index (χ0v) is 16.7. The van der Waals surface area contributed by atoms with E-state index in [1.54, 1.807) is 32.5 Å². The Kier molecular flexibility index (Phi) is 5.99. The van der Waals surface area contributed by atoms with Crippen LogP contribution in [0.4, 0.5) is 4.79 Å². The van der Waals surface area contributed by atoms with Crippen molar-refractivity contribution in [3.63, 3.8) is 0 Å². The minimum Gasteiger partial charge on any atom is -0.443 e. The maximum atomic E-state index is 12.7. The first-order valence-corrected chi connectivity index (χ1v) is 9.54. The van der Waals surface area contributed by atoms with E-state index in [1.165, 1.54) is 15.4 Å². The third-order valence-corrected chi connectivity index (χ3v) is 5.21. The number of amides is 2. The number of hydrogen-bond donors (Lipinski definition) is 0. The molecule has 0 saturated heterocycles. The average molecular weight is 362 g/mol. The van der Waals surface area contributed by atoms with Gasteiger partial charge in [-0.05, 0) is 65.7 Å². The summed E-state index contributed by atoms with van der Waals surface area (Å²) in [6.45, 7) is 11.3. The highest BCUT2D eigenvalue weighted by atomic mass is 32.2. The van der Waals surface area contributed by atoms with Gasteiger partial charge in [-0.25, -0.2) is 9.69 Å². The van der Waals surface area contributed by atoms with E-state index in [2.05, 4.69) is 31.2 Å². The van der Waals surface area contributed by atoms with Crippen LogP contribution in [0, 0.1) is 6.92 Å². The second-order valence-electron chi connectivity index (χ2n) is 7.40. The van der Waals surface area contributed by atoms with Crippen molar-refractivity contribution in [2.24, 2.45) is 0 Å². The Hall–Kier alpha value is -1.75. The Bertz CT molecular complexity index is 686. The predicted molar refractivity (Wildman–Crippen MR) is 102 cm³/mol. The lowest BCUT2D eigenvalue weighted by atomic mass is 10.1. The van der Waals surface area contributed by atoms with Crippen LogP contribution in [0.5, 0.6) is 0 Å². The molecule has 1 aliphatic rings. The highest BCUT2D eigenvalue weighted by molar-refractivity contribution is 7.99. The molecule has 0 bridgehead atoms. The molecule has 1 aromatic rings. The molecule has 5 heteroatoms. The van der Waals surface area contributed by atoms with Crippen molar-refractivity contribution in [3.05, 3.63) is 41.0 Å². The third kappa shape index (κ3) is 4.88.